The van der Waals surface area contributed by atoms with E-state index in [4.69, 9.17) is 4.74 Å². The van der Waals surface area contributed by atoms with Crippen molar-refractivity contribution in [1.29, 1.82) is 0 Å². The summed E-state index contributed by atoms with van der Waals surface area (Å²) in [4.78, 5) is 0.216. The molecule has 0 amide bonds. The number of ether oxygens (including phenoxy) is 1. The van der Waals surface area contributed by atoms with E-state index < -0.39 is 0 Å². The molecule has 0 radical (unpaired) electrons. The van der Waals surface area contributed by atoms with Crippen molar-refractivity contribution in [1.82, 2.24) is 0 Å². The van der Waals surface area contributed by atoms with Gasteiger partial charge in [0.2, 0.25) is 0 Å². The smallest absolute Gasteiger partial charge is 0.121 e. The van der Waals surface area contributed by atoms with E-state index in [-0.39, 0.29) is 4.83 Å². The molecule has 0 aliphatic heterocycles. The molecule has 1 nitrogen and oxygen atoms in total. The molecule has 20 heavy (non-hydrogen) atoms. The molecule has 0 fully saturated rings. The Morgan fingerprint density at radius 2 is 1.45 bits per heavy atom. The standard InChI is InChI=1S/C18H21BrO/c1-12(2)14-5-7-15(8-6-14)18(19)16-9-10-17(20-4)13(3)11-16/h5-12,18H,1-4H3. The average molecular weight is 333 g/mol. The van der Waals surface area contributed by atoms with Gasteiger partial charge in [0.05, 0.1) is 11.9 Å². The third-order valence-electron chi connectivity index (χ3n) is 3.61. The second-order valence-electron chi connectivity index (χ2n) is 5.41. The number of hydrogen-bond acceptors (Lipinski definition) is 1. The highest BCUT2D eigenvalue weighted by Gasteiger charge is 2.12. The van der Waals surface area contributed by atoms with Crippen LogP contribution < -0.4 is 4.74 Å². The highest BCUT2D eigenvalue weighted by Crippen LogP contribution is 2.33. The predicted molar refractivity (Wildman–Crippen MR) is 89.0 cm³/mol. The topological polar surface area (TPSA) is 9.23 Å². The molecule has 2 heteroatoms. The van der Waals surface area contributed by atoms with Crippen LogP contribution in [0.2, 0.25) is 0 Å². The van der Waals surface area contributed by atoms with Crippen molar-refractivity contribution in [3.8, 4) is 5.75 Å². The molecule has 106 valence electrons. The Morgan fingerprint density at radius 1 is 0.900 bits per heavy atom. The Bertz CT molecular complexity index is 572. The minimum atomic E-state index is 0.216. The molecule has 0 aromatic heterocycles. The van der Waals surface area contributed by atoms with Gasteiger partial charge in [0.1, 0.15) is 5.75 Å². The summed E-state index contributed by atoms with van der Waals surface area (Å²) in [6.07, 6.45) is 0. The first-order valence-electron chi connectivity index (χ1n) is 6.91. The van der Waals surface area contributed by atoms with Gasteiger partial charge in [-0.05, 0) is 41.2 Å². The maximum Gasteiger partial charge on any atom is 0.121 e. The summed E-state index contributed by atoms with van der Waals surface area (Å²) in [6, 6.07) is 15.1. The van der Waals surface area contributed by atoms with Crippen molar-refractivity contribution in [2.45, 2.75) is 31.5 Å². The molecule has 0 aliphatic carbocycles. The first-order valence-corrected chi connectivity index (χ1v) is 7.83. The fourth-order valence-corrected chi connectivity index (χ4v) is 2.89. The molecule has 2 aromatic rings. The maximum absolute atomic E-state index is 5.31. The summed E-state index contributed by atoms with van der Waals surface area (Å²) >= 11 is 3.80. The lowest BCUT2D eigenvalue weighted by atomic mass is 9.98. The van der Waals surface area contributed by atoms with E-state index in [0.29, 0.717) is 5.92 Å². The second-order valence-corrected chi connectivity index (χ2v) is 6.33. The number of aryl methyl sites for hydroxylation is 1. The van der Waals surface area contributed by atoms with E-state index in [0.717, 1.165) is 11.3 Å². The van der Waals surface area contributed by atoms with Crippen LogP contribution in [0, 0.1) is 6.92 Å². The monoisotopic (exact) mass is 332 g/mol. The van der Waals surface area contributed by atoms with E-state index in [1.165, 1.54) is 16.7 Å². The molecular formula is C18H21BrO. The van der Waals surface area contributed by atoms with Gasteiger partial charge in [0.15, 0.2) is 0 Å². The lowest BCUT2D eigenvalue weighted by molar-refractivity contribution is 0.411. The van der Waals surface area contributed by atoms with Gasteiger partial charge in [0.25, 0.3) is 0 Å². The minimum absolute atomic E-state index is 0.216. The zero-order chi connectivity index (χ0) is 14.7. The SMILES string of the molecule is COc1ccc(C(Br)c2ccc(C(C)C)cc2)cc1C. The second kappa shape index (κ2) is 6.45. The van der Waals surface area contributed by atoms with Gasteiger partial charge in [-0.3, -0.25) is 0 Å². The zero-order valence-corrected chi connectivity index (χ0v) is 14.1. The predicted octanol–water partition coefficient (Wildman–Crippen LogP) is 5.61. The van der Waals surface area contributed by atoms with Crippen LogP contribution in [-0.2, 0) is 0 Å². The quantitative estimate of drug-likeness (QED) is 0.661. The Balaban J connectivity index is 2.26. The molecule has 2 rings (SSSR count). The van der Waals surface area contributed by atoms with Gasteiger partial charge in [-0.2, -0.15) is 0 Å². The summed E-state index contributed by atoms with van der Waals surface area (Å²) in [5.74, 6) is 1.50. The maximum atomic E-state index is 5.31. The van der Waals surface area contributed by atoms with Crippen LogP contribution in [0.15, 0.2) is 42.5 Å². The molecule has 0 aliphatic rings. The molecule has 0 N–H and O–H groups in total. The number of hydrogen-bond donors (Lipinski definition) is 0. The highest BCUT2D eigenvalue weighted by molar-refractivity contribution is 9.09. The van der Waals surface area contributed by atoms with E-state index in [1.54, 1.807) is 7.11 Å². The Morgan fingerprint density at radius 3 is 1.95 bits per heavy atom. The summed E-state index contributed by atoms with van der Waals surface area (Å²) in [7, 11) is 1.71. The Labute approximate surface area is 130 Å². The van der Waals surface area contributed by atoms with Crippen molar-refractivity contribution in [2.24, 2.45) is 0 Å². The Hall–Kier alpha value is -1.28. The lowest BCUT2D eigenvalue weighted by Crippen LogP contribution is -1.96. The first-order chi connectivity index (χ1) is 9.52. The number of benzene rings is 2. The van der Waals surface area contributed by atoms with E-state index in [2.05, 4.69) is 73.1 Å². The van der Waals surface area contributed by atoms with Crippen LogP contribution in [-0.4, -0.2) is 7.11 Å². The van der Waals surface area contributed by atoms with Crippen molar-refractivity contribution in [2.75, 3.05) is 7.11 Å². The zero-order valence-electron chi connectivity index (χ0n) is 12.5. The van der Waals surface area contributed by atoms with Crippen LogP contribution in [0.5, 0.6) is 5.75 Å². The first kappa shape index (κ1) is 15.1. The molecular weight excluding hydrogens is 312 g/mol. The normalized spacial score (nSPS) is 12.5. The molecule has 0 bridgehead atoms. The van der Waals surface area contributed by atoms with Crippen molar-refractivity contribution in [3.63, 3.8) is 0 Å². The minimum Gasteiger partial charge on any atom is -0.496 e. The largest absolute Gasteiger partial charge is 0.496 e. The van der Waals surface area contributed by atoms with Crippen LogP contribution >= 0.6 is 15.9 Å². The van der Waals surface area contributed by atoms with Gasteiger partial charge in [-0.15, -0.1) is 0 Å². The van der Waals surface area contributed by atoms with Crippen molar-refractivity contribution in [3.05, 3.63) is 64.7 Å². The lowest BCUT2D eigenvalue weighted by Gasteiger charge is -2.14. The summed E-state index contributed by atoms with van der Waals surface area (Å²) in [6.45, 7) is 6.50. The van der Waals surface area contributed by atoms with E-state index in [1.807, 2.05) is 6.07 Å². The van der Waals surface area contributed by atoms with Gasteiger partial charge in [-0.25, -0.2) is 0 Å². The molecule has 0 heterocycles. The summed E-state index contributed by atoms with van der Waals surface area (Å²) in [5, 5.41) is 0. The number of alkyl halides is 1. The number of rotatable bonds is 4. The van der Waals surface area contributed by atoms with Crippen LogP contribution in [0.3, 0.4) is 0 Å². The van der Waals surface area contributed by atoms with Crippen molar-refractivity contribution >= 4 is 15.9 Å². The number of halogens is 1. The van der Waals surface area contributed by atoms with Gasteiger partial charge >= 0.3 is 0 Å². The third kappa shape index (κ3) is 3.24. The van der Waals surface area contributed by atoms with Crippen LogP contribution in [0.1, 0.15) is 46.8 Å². The van der Waals surface area contributed by atoms with Gasteiger partial charge in [-0.1, -0.05) is 66.2 Å². The molecule has 1 atom stereocenters. The molecule has 0 saturated heterocycles. The summed E-state index contributed by atoms with van der Waals surface area (Å²) < 4.78 is 5.31. The molecule has 0 spiro atoms. The number of methoxy groups -OCH3 is 1. The third-order valence-corrected chi connectivity index (χ3v) is 4.66. The highest BCUT2D eigenvalue weighted by atomic mass is 79.9. The van der Waals surface area contributed by atoms with E-state index in [9.17, 15) is 0 Å². The summed E-state index contributed by atoms with van der Waals surface area (Å²) in [5.41, 5.74) is 5.06. The van der Waals surface area contributed by atoms with E-state index >= 15 is 0 Å². The van der Waals surface area contributed by atoms with Crippen LogP contribution in [0.4, 0.5) is 0 Å². The van der Waals surface area contributed by atoms with Gasteiger partial charge < -0.3 is 4.74 Å². The molecule has 0 saturated carbocycles. The van der Waals surface area contributed by atoms with Crippen molar-refractivity contribution < 1.29 is 4.74 Å². The van der Waals surface area contributed by atoms with Crippen LogP contribution in [0.25, 0.3) is 0 Å². The Kier molecular flexibility index (Phi) is 4.87. The molecule has 1 unspecified atom stereocenters. The average Bonchev–Trinajstić information content (AvgIpc) is 2.46. The fourth-order valence-electron chi connectivity index (χ4n) is 2.30. The fraction of sp³-hybridized carbons (Fsp3) is 0.333. The molecule has 2 aromatic carbocycles. The van der Waals surface area contributed by atoms with Gasteiger partial charge in [0, 0.05) is 0 Å².